The van der Waals surface area contributed by atoms with Gasteiger partial charge in [-0.25, -0.2) is 8.42 Å². The Morgan fingerprint density at radius 2 is 1.73 bits per heavy atom. The second-order valence-electron chi connectivity index (χ2n) is 6.87. The molecule has 1 aromatic heterocycles. The Balaban J connectivity index is 1.66. The number of nitrogens with one attached hydrogen (secondary N) is 1. The minimum Gasteiger partial charge on any atom is -0.348 e. The Labute approximate surface area is 166 Å². The minimum atomic E-state index is -4.73. The Kier molecular flexibility index (Phi) is 5.37. The normalized spacial score (nSPS) is 20.0. The zero-order valence-corrected chi connectivity index (χ0v) is 16.1. The average molecular weight is 455 g/mol. The van der Waals surface area contributed by atoms with Crippen LogP contribution in [0.1, 0.15) is 34.6 Å². The third-order valence-corrected chi connectivity index (χ3v) is 6.94. The third-order valence-electron chi connectivity index (χ3n) is 4.76. The fourth-order valence-electron chi connectivity index (χ4n) is 3.06. The number of amides is 1. The Hall–Kier alpha value is -2.57. The summed E-state index contributed by atoms with van der Waals surface area (Å²) in [7, 11) is -2.90. The SMILES string of the molecule is Cn1nc(C(F)(F)F)cc1C(=O)N[C@H]1C[C@H](S(=O)(=O)c2cccc(C(F)(F)F)c2)C1. The second kappa shape index (κ2) is 7.29. The lowest BCUT2D eigenvalue weighted by Crippen LogP contribution is -2.50. The van der Waals surface area contributed by atoms with Gasteiger partial charge in [0.2, 0.25) is 0 Å². The van der Waals surface area contributed by atoms with Crippen LogP contribution in [0.15, 0.2) is 35.2 Å². The third kappa shape index (κ3) is 4.30. The Morgan fingerprint density at radius 3 is 2.27 bits per heavy atom. The molecule has 1 N–H and O–H groups in total. The summed E-state index contributed by atoms with van der Waals surface area (Å²) in [5.74, 6) is -0.861. The topological polar surface area (TPSA) is 81.1 Å². The molecule has 1 amide bonds. The molecule has 0 saturated heterocycles. The fraction of sp³-hybridized carbons (Fsp3) is 0.412. The molecule has 30 heavy (non-hydrogen) atoms. The van der Waals surface area contributed by atoms with Crippen molar-refractivity contribution in [1.82, 2.24) is 15.1 Å². The van der Waals surface area contributed by atoms with Crippen molar-refractivity contribution in [2.75, 3.05) is 0 Å². The zero-order chi connectivity index (χ0) is 22.5. The molecular weight excluding hydrogens is 440 g/mol. The summed E-state index contributed by atoms with van der Waals surface area (Å²) in [6.45, 7) is 0. The van der Waals surface area contributed by atoms with Crippen LogP contribution in [0.2, 0.25) is 0 Å². The summed E-state index contributed by atoms with van der Waals surface area (Å²) in [6, 6.07) is 3.29. The molecule has 1 aliphatic rings. The molecule has 13 heteroatoms. The van der Waals surface area contributed by atoms with E-state index in [-0.39, 0.29) is 18.5 Å². The number of alkyl halides is 6. The van der Waals surface area contributed by atoms with E-state index in [0.717, 1.165) is 29.9 Å². The first-order valence-electron chi connectivity index (χ1n) is 8.53. The lowest BCUT2D eigenvalue weighted by molar-refractivity contribution is -0.141. The van der Waals surface area contributed by atoms with E-state index in [1.54, 1.807) is 0 Å². The van der Waals surface area contributed by atoms with Crippen molar-refractivity contribution in [1.29, 1.82) is 0 Å². The number of carbonyl (C=O) groups is 1. The van der Waals surface area contributed by atoms with Gasteiger partial charge in [-0.2, -0.15) is 31.4 Å². The molecule has 0 radical (unpaired) electrons. The maximum Gasteiger partial charge on any atom is 0.435 e. The van der Waals surface area contributed by atoms with Crippen molar-refractivity contribution in [2.24, 2.45) is 7.05 Å². The molecule has 1 heterocycles. The molecule has 0 bridgehead atoms. The van der Waals surface area contributed by atoms with Gasteiger partial charge >= 0.3 is 12.4 Å². The van der Waals surface area contributed by atoms with Gasteiger partial charge in [0.15, 0.2) is 15.5 Å². The van der Waals surface area contributed by atoms with Gasteiger partial charge in [0.25, 0.3) is 5.91 Å². The van der Waals surface area contributed by atoms with E-state index in [2.05, 4.69) is 10.4 Å². The Bertz CT molecular complexity index is 1070. The summed E-state index contributed by atoms with van der Waals surface area (Å²) in [5.41, 5.74) is -2.69. The maximum absolute atomic E-state index is 12.8. The number of sulfone groups is 1. The predicted molar refractivity (Wildman–Crippen MR) is 91.1 cm³/mol. The highest BCUT2D eigenvalue weighted by molar-refractivity contribution is 7.92. The average Bonchev–Trinajstić information content (AvgIpc) is 2.99. The van der Waals surface area contributed by atoms with Crippen LogP contribution < -0.4 is 5.32 Å². The highest BCUT2D eigenvalue weighted by atomic mass is 32.2. The Morgan fingerprint density at radius 1 is 1.10 bits per heavy atom. The highest BCUT2D eigenvalue weighted by Gasteiger charge is 2.42. The smallest absolute Gasteiger partial charge is 0.348 e. The molecule has 0 atom stereocenters. The van der Waals surface area contributed by atoms with Crippen molar-refractivity contribution >= 4 is 15.7 Å². The number of halogens is 6. The van der Waals surface area contributed by atoms with E-state index in [1.807, 2.05) is 0 Å². The van der Waals surface area contributed by atoms with Crippen LogP contribution in [0.5, 0.6) is 0 Å². The summed E-state index contributed by atoms with van der Waals surface area (Å²) in [6.07, 6.45) is -9.57. The number of aryl methyl sites for hydroxylation is 1. The lowest BCUT2D eigenvalue weighted by atomic mass is 9.92. The maximum atomic E-state index is 12.8. The molecule has 1 fully saturated rings. The van der Waals surface area contributed by atoms with E-state index in [4.69, 9.17) is 0 Å². The van der Waals surface area contributed by atoms with E-state index in [1.165, 1.54) is 0 Å². The molecule has 1 saturated carbocycles. The zero-order valence-electron chi connectivity index (χ0n) is 15.3. The van der Waals surface area contributed by atoms with Gasteiger partial charge in [0.05, 0.1) is 15.7 Å². The van der Waals surface area contributed by atoms with Crippen molar-refractivity contribution in [2.45, 2.75) is 41.4 Å². The van der Waals surface area contributed by atoms with Gasteiger partial charge in [-0.1, -0.05) is 6.07 Å². The molecule has 6 nitrogen and oxygen atoms in total. The van der Waals surface area contributed by atoms with E-state index in [0.29, 0.717) is 12.1 Å². The van der Waals surface area contributed by atoms with Crippen LogP contribution >= 0.6 is 0 Å². The molecule has 1 aliphatic carbocycles. The summed E-state index contributed by atoms with van der Waals surface area (Å²) >= 11 is 0. The monoisotopic (exact) mass is 455 g/mol. The molecule has 0 unspecified atom stereocenters. The van der Waals surface area contributed by atoms with Crippen molar-refractivity contribution < 1.29 is 39.6 Å². The number of carbonyl (C=O) groups excluding carboxylic acids is 1. The van der Waals surface area contributed by atoms with Crippen LogP contribution in [0.3, 0.4) is 0 Å². The molecule has 2 aromatic rings. The van der Waals surface area contributed by atoms with Gasteiger partial charge < -0.3 is 5.32 Å². The number of hydrogen-bond donors (Lipinski definition) is 1. The molecule has 1 aromatic carbocycles. The van der Waals surface area contributed by atoms with Gasteiger partial charge in [-0.05, 0) is 31.0 Å². The van der Waals surface area contributed by atoms with Crippen molar-refractivity contribution in [3.8, 4) is 0 Å². The van der Waals surface area contributed by atoms with Crippen molar-refractivity contribution in [3.63, 3.8) is 0 Å². The van der Waals surface area contributed by atoms with Gasteiger partial charge in [0, 0.05) is 19.2 Å². The number of hydrogen-bond acceptors (Lipinski definition) is 4. The summed E-state index contributed by atoms with van der Waals surface area (Å²) < 4.78 is 102. The number of benzene rings is 1. The molecular formula is C17H15F6N3O3S. The van der Waals surface area contributed by atoms with Crippen LogP contribution in [-0.4, -0.2) is 35.4 Å². The fourth-order valence-corrected chi connectivity index (χ4v) is 4.97. The second-order valence-corrected chi connectivity index (χ2v) is 9.10. The quantitative estimate of drug-likeness (QED) is 0.719. The predicted octanol–water partition coefficient (Wildman–Crippen LogP) is 3.19. The largest absolute Gasteiger partial charge is 0.435 e. The lowest BCUT2D eigenvalue weighted by Gasteiger charge is -2.35. The van der Waals surface area contributed by atoms with E-state index < -0.39 is 55.5 Å². The molecule has 164 valence electrons. The molecule has 3 rings (SSSR count). The molecule has 0 aliphatic heterocycles. The van der Waals surface area contributed by atoms with E-state index in [9.17, 15) is 39.6 Å². The summed E-state index contributed by atoms with van der Waals surface area (Å²) in [5, 5.41) is 4.62. The van der Waals surface area contributed by atoms with Crippen LogP contribution in [-0.2, 0) is 29.2 Å². The number of aromatic nitrogens is 2. The number of nitrogens with zero attached hydrogens (tertiary/aromatic N) is 2. The van der Waals surface area contributed by atoms with Gasteiger partial charge in [0.1, 0.15) is 5.69 Å². The van der Waals surface area contributed by atoms with Crippen molar-refractivity contribution in [3.05, 3.63) is 47.3 Å². The highest BCUT2D eigenvalue weighted by Crippen LogP contribution is 2.35. The van der Waals surface area contributed by atoms with Crippen LogP contribution in [0.4, 0.5) is 26.3 Å². The number of rotatable bonds is 4. The van der Waals surface area contributed by atoms with E-state index >= 15 is 0 Å². The first-order valence-corrected chi connectivity index (χ1v) is 10.1. The van der Waals surface area contributed by atoms with Gasteiger partial charge in [-0.3, -0.25) is 9.48 Å². The minimum absolute atomic E-state index is 0.0751. The van der Waals surface area contributed by atoms with Crippen LogP contribution in [0, 0.1) is 0 Å². The summed E-state index contributed by atoms with van der Waals surface area (Å²) in [4.78, 5) is 11.7. The van der Waals surface area contributed by atoms with Gasteiger partial charge in [-0.15, -0.1) is 0 Å². The standard InChI is InChI=1S/C17H15F6N3O3S/c1-26-13(8-14(25-26)17(21,22)23)15(27)24-10-6-12(7-10)30(28,29)11-4-2-3-9(5-11)16(18,19)20/h2-5,8,10,12H,6-7H2,1H3,(H,24,27)/t10-,12-. The first-order chi connectivity index (χ1) is 13.7. The van der Waals surface area contributed by atoms with Crippen LogP contribution in [0.25, 0.3) is 0 Å². The molecule has 0 spiro atoms. The first kappa shape index (κ1) is 22.1.